The summed E-state index contributed by atoms with van der Waals surface area (Å²) in [6.07, 6.45) is 1.57. The zero-order chi connectivity index (χ0) is 35.0. The maximum Gasteiger partial charge on any atom is 0.338 e. The summed E-state index contributed by atoms with van der Waals surface area (Å²) < 4.78 is 22.8. The number of amides is 3. The van der Waals surface area contributed by atoms with E-state index >= 15 is 0 Å². The highest BCUT2D eigenvalue weighted by atomic mass is 16.5. The van der Waals surface area contributed by atoms with E-state index in [0.29, 0.717) is 29.4 Å². The van der Waals surface area contributed by atoms with Gasteiger partial charge in [0, 0.05) is 11.3 Å². The summed E-state index contributed by atoms with van der Waals surface area (Å²) in [5.74, 6) is 0.158. The molecule has 50 heavy (non-hydrogen) atoms. The van der Waals surface area contributed by atoms with Gasteiger partial charge in [0.25, 0.3) is 5.91 Å². The van der Waals surface area contributed by atoms with E-state index in [2.05, 4.69) is 39.4 Å². The van der Waals surface area contributed by atoms with Gasteiger partial charge < -0.3 is 29.6 Å². The normalized spacial score (nSPS) is 14.3. The minimum Gasteiger partial charge on any atom is -0.493 e. The van der Waals surface area contributed by atoms with E-state index in [-0.39, 0.29) is 24.5 Å². The number of urea groups is 1. The molecule has 0 radical (unpaired) electrons. The van der Waals surface area contributed by atoms with Crippen molar-refractivity contribution in [2.75, 3.05) is 20.3 Å². The number of fused-ring (bicyclic) bond motifs is 2. The molecular weight excluding hydrogens is 636 g/mol. The number of nitrogens with one attached hydrogen (secondary N) is 3. The fourth-order valence-corrected chi connectivity index (χ4v) is 5.86. The minimum atomic E-state index is -0.779. The third kappa shape index (κ3) is 7.36. The molecule has 254 valence electrons. The van der Waals surface area contributed by atoms with Crippen LogP contribution in [-0.2, 0) is 20.9 Å². The third-order valence-corrected chi connectivity index (χ3v) is 8.22. The Hall–Kier alpha value is -6.36. The van der Waals surface area contributed by atoms with Gasteiger partial charge in [0.1, 0.15) is 12.4 Å². The summed E-state index contributed by atoms with van der Waals surface area (Å²) in [6, 6.07) is 29.7. The second-order valence-corrected chi connectivity index (χ2v) is 11.4. The highest BCUT2D eigenvalue weighted by Crippen LogP contribution is 2.35. The van der Waals surface area contributed by atoms with Crippen molar-refractivity contribution < 1.29 is 33.3 Å². The van der Waals surface area contributed by atoms with Crippen molar-refractivity contribution in [1.82, 2.24) is 16.1 Å². The van der Waals surface area contributed by atoms with Crippen LogP contribution >= 0.6 is 0 Å². The number of benzene rings is 5. The third-order valence-electron chi connectivity index (χ3n) is 8.22. The molecule has 0 fully saturated rings. The number of nitrogens with zero attached hydrogens (tertiary/aromatic N) is 1. The van der Waals surface area contributed by atoms with Gasteiger partial charge in [0.2, 0.25) is 0 Å². The van der Waals surface area contributed by atoms with Gasteiger partial charge in [-0.25, -0.2) is 15.0 Å². The second kappa shape index (κ2) is 15.2. The van der Waals surface area contributed by atoms with Crippen LogP contribution in [0.5, 0.6) is 17.2 Å². The maximum atomic E-state index is 12.8. The number of methoxy groups -OCH3 is 1. The molecule has 1 heterocycles. The van der Waals surface area contributed by atoms with Gasteiger partial charge >= 0.3 is 12.0 Å². The van der Waals surface area contributed by atoms with Crippen molar-refractivity contribution in [1.29, 1.82) is 0 Å². The molecule has 1 aliphatic heterocycles. The van der Waals surface area contributed by atoms with Gasteiger partial charge in [-0.3, -0.25) is 4.79 Å². The van der Waals surface area contributed by atoms with Gasteiger partial charge in [0.15, 0.2) is 18.1 Å². The first-order valence-electron chi connectivity index (χ1n) is 16.1. The number of carbonyl (C=O) groups is 3. The van der Waals surface area contributed by atoms with E-state index in [9.17, 15) is 14.4 Å². The molecule has 3 amide bonds. The molecule has 11 heteroatoms. The molecule has 6 rings (SSSR count). The smallest absolute Gasteiger partial charge is 0.338 e. The first kappa shape index (κ1) is 33.5. The van der Waals surface area contributed by atoms with E-state index in [1.807, 2.05) is 60.7 Å². The predicted octanol–water partition coefficient (Wildman–Crippen LogP) is 6.30. The Labute approximate surface area is 288 Å². The van der Waals surface area contributed by atoms with Crippen LogP contribution in [0.1, 0.15) is 36.6 Å². The largest absolute Gasteiger partial charge is 0.493 e. The number of hydrogen-bond acceptors (Lipinski definition) is 8. The average Bonchev–Trinajstić information content (AvgIpc) is 3.13. The molecule has 5 aromatic rings. The van der Waals surface area contributed by atoms with Gasteiger partial charge in [-0.2, -0.15) is 5.10 Å². The monoisotopic (exact) mass is 672 g/mol. The molecular formula is C39H36N4O7. The van der Waals surface area contributed by atoms with Gasteiger partial charge in [-0.1, -0.05) is 78.9 Å². The Morgan fingerprint density at radius 3 is 2.36 bits per heavy atom. The molecule has 0 aromatic heterocycles. The minimum absolute atomic E-state index is 0.182. The zero-order valence-electron chi connectivity index (χ0n) is 27.8. The summed E-state index contributed by atoms with van der Waals surface area (Å²) in [4.78, 5) is 37.8. The van der Waals surface area contributed by atoms with E-state index in [1.165, 1.54) is 7.11 Å². The quantitative estimate of drug-likeness (QED) is 0.0804. The Bertz CT molecular complexity index is 2140. The summed E-state index contributed by atoms with van der Waals surface area (Å²) in [7, 11) is 1.45. The fraction of sp³-hybridized carbons (Fsp3) is 0.179. The number of rotatable bonds is 12. The van der Waals surface area contributed by atoms with Crippen molar-refractivity contribution in [3.05, 3.63) is 125 Å². The van der Waals surface area contributed by atoms with Crippen LogP contribution < -0.4 is 30.3 Å². The predicted molar refractivity (Wildman–Crippen MR) is 190 cm³/mol. The lowest BCUT2D eigenvalue weighted by Gasteiger charge is -2.28. The van der Waals surface area contributed by atoms with Gasteiger partial charge in [0.05, 0.1) is 31.5 Å². The number of ether oxygens (including phenoxy) is 4. The van der Waals surface area contributed by atoms with Crippen LogP contribution in [0.3, 0.4) is 0 Å². The van der Waals surface area contributed by atoms with Crippen LogP contribution in [-0.4, -0.2) is 44.4 Å². The van der Waals surface area contributed by atoms with Crippen molar-refractivity contribution >= 4 is 45.7 Å². The summed E-state index contributed by atoms with van der Waals surface area (Å²) >= 11 is 0. The van der Waals surface area contributed by atoms with E-state index in [0.717, 1.165) is 32.7 Å². The van der Waals surface area contributed by atoms with E-state index in [4.69, 9.17) is 18.9 Å². The van der Waals surface area contributed by atoms with Gasteiger partial charge in [-0.05, 0) is 64.7 Å². The topological polar surface area (TPSA) is 137 Å². The van der Waals surface area contributed by atoms with Crippen molar-refractivity contribution in [3.8, 4) is 17.2 Å². The summed E-state index contributed by atoms with van der Waals surface area (Å²) in [6.45, 7) is 3.52. The number of hydrogen-bond donors (Lipinski definition) is 3. The van der Waals surface area contributed by atoms with Crippen LogP contribution in [0.2, 0.25) is 0 Å². The lowest BCUT2D eigenvalue weighted by atomic mass is 9.95. The van der Waals surface area contributed by atoms with Crippen molar-refractivity contribution in [2.24, 2.45) is 5.10 Å². The second-order valence-electron chi connectivity index (χ2n) is 11.4. The first-order valence-corrected chi connectivity index (χ1v) is 16.1. The maximum absolute atomic E-state index is 12.8. The molecule has 0 saturated heterocycles. The molecule has 3 N–H and O–H groups in total. The van der Waals surface area contributed by atoms with Crippen molar-refractivity contribution in [2.45, 2.75) is 26.5 Å². The Balaban J connectivity index is 1.14. The Morgan fingerprint density at radius 2 is 1.58 bits per heavy atom. The lowest BCUT2D eigenvalue weighted by Crippen LogP contribution is -2.45. The number of esters is 1. The van der Waals surface area contributed by atoms with Crippen LogP contribution in [0, 0.1) is 0 Å². The van der Waals surface area contributed by atoms with Crippen LogP contribution in [0.15, 0.2) is 113 Å². The molecule has 1 aliphatic rings. The average molecular weight is 673 g/mol. The summed E-state index contributed by atoms with van der Waals surface area (Å²) in [5, 5.41) is 13.8. The molecule has 11 nitrogen and oxygen atoms in total. The van der Waals surface area contributed by atoms with Crippen LogP contribution in [0.4, 0.5) is 4.79 Å². The molecule has 1 atom stereocenters. The molecule has 5 aromatic carbocycles. The number of allylic oxidation sites excluding steroid dienone is 1. The molecule has 0 aliphatic carbocycles. The van der Waals surface area contributed by atoms with E-state index < -0.39 is 23.9 Å². The first-order chi connectivity index (χ1) is 24.4. The highest BCUT2D eigenvalue weighted by molar-refractivity contribution is 6.02. The van der Waals surface area contributed by atoms with Gasteiger partial charge in [-0.15, -0.1) is 0 Å². The van der Waals surface area contributed by atoms with Crippen molar-refractivity contribution in [3.63, 3.8) is 0 Å². The highest BCUT2D eigenvalue weighted by Gasteiger charge is 2.32. The Kier molecular flexibility index (Phi) is 10.2. The fourth-order valence-electron chi connectivity index (χ4n) is 5.86. The standard InChI is InChI=1S/C39H36N4O7/c1-4-48-38(45)36-24(2)41-39(46)42-37(36)27-17-19-33(34(20-27)47-3)50-23-35(44)43-40-21-31-30-15-8-6-11-26(30)16-18-32(31)49-22-28-13-9-12-25-10-5-7-14-29(25)28/h5-21,37H,4,22-23H2,1-3H3,(H,43,44)(H2,41,42,46)/b40-21+/t37-/m0/s1. The van der Waals surface area contributed by atoms with Crippen LogP contribution in [0.25, 0.3) is 21.5 Å². The molecule has 0 unspecified atom stereocenters. The lowest BCUT2D eigenvalue weighted by molar-refractivity contribution is -0.139. The number of carbonyl (C=O) groups excluding carboxylic acids is 3. The zero-order valence-corrected chi connectivity index (χ0v) is 27.8. The Morgan fingerprint density at radius 1 is 0.860 bits per heavy atom. The number of hydrazone groups is 1. The molecule has 0 spiro atoms. The summed E-state index contributed by atoms with van der Waals surface area (Å²) in [5.41, 5.74) is 5.53. The molecule has 0 saturated carbocycles. The SMILES string of the molecule is CCOC(=O)C1=C(C)NC(=O)N[C@H]1c1ccc(OCC(=O)N/N=C/c2c(OCc3cccc4ccccc34)ccc3ccccc23)c(OC)c1. The molecule has 0 bridgehead atoms. The van der Waals surface area contributed by atoms with E-state index in [1.54, 1.807) is 38.3 Å².